The number of pyridine rings is 1. The number of rotatable bonds is 3. The third kappa shape index (κ3) is 2.91. The van der Waals surface area contributed by atoms with Crippen LogP contribution in [0.5, 0.6) is 0 Å². The molecule has 0 aliphatic rings. The summed E-state index contributed by atoms with van der Waals surface area (Å²) in [5.41, 5.74) is 9.68. The summed E-state index contributed by atoms with van der Waals surface area (Å²) in [7, 11) is 1.70. The average Bonchev–Trinajstić information content (AvgIpc) is 2.55. The number of nitrogens with zero attached hydrogens (tertiary/aromatic N) is 3. The van der Waals surface area contributed by atoms with E-state index in [0.717, 1.165) is 11.1 Å². The van der Waals surface area contributed by atoms with Gasteiger partial charge in [-0.3, -0.25) is 9.78 Å². The van der Waals surface area contributed by atoms with Gasteiger partial charge >= 0.3 is 0 Å². The van der Waals surface area contributed by atoms with Crippen LogP contribution in [0, 0.1) is 6.92 Å². The third-order valence-electron chi connectivity index (χ3n) is 3.65. The van der Waals surface area contributed by atoms with Gasteiger partial charge in [-0.05, 0) is 30.7 Å². The lowest BCUT2D eigenvalue weighted by atomic mass is 10.0. The maximum absolute atomic E-state index is 12.3. The summed E-state index contributed by atoms with van der Waals surface area (Å²) in [5.74, 6) is 0.250. The van der Waals surface area contributed by atoms with Crippen LogP contribution in [0.2, 0.25) is 0 Å². The molecule has 6 nitrogen and oxygen atoms in total. The first kappa shape index (κ1) is 14.8. The molecule has 6 heteroatoms. The van der Waals surface area contributed by atoms with Crippen molar-refractivity contribution in [3.8, 4) is 11.3 Å². The highest BCUT2D eigenvalue weighted by Gasteiger charge is 2.11. The van der Waals surface area contributed by atoms with Crippen LogP contribution >= 0.6 is 0 Å². The van der Waals surface area contributed by atoms with Crippen LogP contribution in [0.1, 0.15) is 5.56 Å². The fourth-order valence-corrected chi connectivity index (χ4v) is 2.32. The fraction of sp³-hybridized carbons (Fsp3) is 0.118. The van der Waals surface area contributed by atoms with Gasteiger partial charge in [-0.2, -0.15) is 0 Å². The largest absolute Gasteiger partial charge is 0.398 e. The maximum Gasteiger partial charge on any atom is 0.293 e. The van der Waals surface area contributed by atoms with Crippen LogP contribution in [0.15, 0.2) is 53.7 Å². The molecule has 0 spiro atoms. The first-order valence-electron chi connectivity index (χ1n) is 7.16. The van der Waals surface area contributed by atoms with Crippen molar-refractivity contribution in [2.24, 2.45) is 7.05 Å². The number of hydrogen-bond donors (Lipinski definition) is 2. The topological polar surface area (TPSA) is 85.8 Å². The van der Waals surface area contributed by atoms with Crippen molar-refractivity contribution in [1.82, 2.24) is 14.5 Å². The van der Waals surface area contributed by atoms with Crippen molar-refractivity contribution < 1.29 is 0 Å². The van der Waals surface area contributed by atoms with Crippen LogP contribution in [-0.4, -0.2) is 14.5 Å². The smallest absolute Gasteiger partial charge is 0.293 e. The van der Waals surface area contributed by atoms with E-state index in [1.807, 2.05) is 31.2 Å². The van der Waals surface area contributed by atoms with Crippen molar-refractivity contribution in [2.45, 2.75) is 6.92 Å². The molecule has 3 rings (SSSR count). The summed E-state index contributed by atoms with van der Waals surface area (Å²) < 4.78 is 1.50. The molecule has 0 bridgehead atoms. The molecule has 0 unspecified atom stereocenters. The minimum absolute atomic E-state index is 0.209. The molecule has 0 amide bonds. The summed E-state index contributed by atoms with van der Waals surface area (Å²) in [6.45, 7) is 1.94. The average molecular weight is 307 g/mol. The highest BCUT2D eigenvalue weighted by atomic mass is 16.1. The summed E-state index contributed by atoms with van der Waals surface area (Å²) in [5, 5.41) is 3.02. The van der Waals surface area contributed by atoms with E-state index in [1.165, 1.54) is 4.57 Å². The maximum atomic E-state index is 12.3. The summed E-state index contributed by atoms with van der Waals surface area (Å²) in [4.78, 5) is 20.8. The Hall–Kier alpha value is -3.15. The van der Waals surface area contributed by atoms with Gasteiger partial charge in [0.25, 0.3) is 5.56 Å². The SMILES string of the molecule is Cc1c(N)cccc1-c1cn(C)c(=O)c(Nc2cccnc2)n1. The predicted molar refractivity (Wildman–Crippen MR) is 91.6 cm³/mol. The minimum atomic E-state index is -0.209. The molecule has 0 fully saturated rings. The van der Waals surface area contributed by atoms with E-state index >= 15 is 0 Å². The van der Waals surface area contributed by atoms with Gasteiger partial charge in [0.1, 0.15) is 0 Å². The van der Waals surface area contributed by atoms with Crippen molar-refractivity contribution in [3.63, 3.8) is 0 Å². The zero-order valence-corrected chi connectivity index (χ0v) is 12.9. The highest BCUT2D eigenvalue weighted by molar-refractivity contribution is 5.71. The Balaban J connectivity index is 2.10. The lowest BCUT2D eigenvalue weighted by molar-refractivity contribution is 0.848. The summed E-state index contributed by atoms with van der Waals surface area (Å²) in [6.07, 6.45) is 5.02. The Morgan fingerprint density at radius 1 is 1.22 bits per heavy atom. The lowest BCUT2D eigenvalue weighted by Crippen LogP contribution is -2.21. The lowest BCUT2D eigenvalue weighted by Gasteiger charge is -2.12. The predicted octanol–water partition coefficient (Wildman–Crippen LogP) is 2.48. The molecule has 23 heavy (non-hydrogen) atoms. The van der Waals surface area contributed by atoms with E-state index in [-0.39, 0.29) is 11.4 Å². The van der Waals surface area contributed by atoms with Gasteiger partial charge in [0.2, 0.25) is 0 Å². The molecule has 116 valence electrons. The van der Waals surface area contributed by atoms with Crippen molar-refractivity contribution in [1.29, 1.82) is 0 Å². The second-order valence-corrected chi connectivity index (χ2v) is 5.28. The fourth-order valence-electron chi connectivity index (χ4n) is 2.32. The summed E-state index contributed by atoms with van der Waals surface area (Å²) >= 11 is 0. The summed E-state index contributed by atoms with van der Waals surface area (Å²) in [6, 6.07) is 9.27. The van der Waals surface area contributed by atoms with Gasteiger partial charge in [-0.15, -0.1) is 0 Å². The van der Waals surface area contributed by atoms with Crippen molar-refractivity contribution in [3.05, 3.63) is 64.8 Å². The Morgan fingerprint density at radius 3 is 2.78 bits per heavy atom. The quantitative estimate of drug-likeness (QED) is 0.726. The van der Waals surface area contributed by atoms with Gasteiger partial charge in [0, 0.05) is 30.7 Å². The zero-order valence-electron chi connectivity index (χ0n) is 12.9. The van der Waals surface area contributed by atoms with Crippen LogP contribution in [0.25, 0.3) is 11.3 Å². The Bertz CT molecular complexity index is 903. The molecule has 3 N–H and O–H groups in total. The molecule has 0 saturated heterocycles. The monoisotopic (exact) mass is 307 g/mol. The van der Waals surface area contributed by atoms with Gasteiger partial charge in [-0.1, -0.05) is 12.1 Å². The number of aryl methyl sites for hydroxylation is 1. The van der Waals surface area contributed by atoms with Gasteiger partial charge in [0.15, 0.2) is 5.82 Å². The molecule has 1 aromatic carbocycles. The zero-order chi connectivity index (χ0) is 16.4. The Morgan fingerprint density at radius 2 is 2.04 bits per heavy atom. The van der Waals surface area contributed by atoms with Gasteiger partial charge < -0.3 is 15.6 Å². The second-order valence-electron chi connectivity index (χ2n) is 5.28. The van der Waals surface area contributed by atoms with E-state index in [0.29, 0.717) is 17.1 Å². The molecular formula is C17H17N5O. The molecular weight excluding hydrogens is 290 g/mol. The van der Waals surface area contributed by atoms with E-state index < -0.39 is 0 Å². The number of nitrogen functional groups attached to an aromatic ring is 1. The van der Waals surface area contributed by atoms with E-state index in [4.69, 9.17) is 5.73 Å². The normalized spacial score (nSPS) is 10.5. The van der Waals surface area contributed by atoms with E-state index in [9.17, 15) is 4.79 Å². The molecule has 2 aromatic heterocycles. The molecule has 0 aliphatic carbocycles. The number of aromatic nitrogens is 3. The second kappa shape index (κ2) is 5.92. The van der Waals surface area contributed by atoms with Gasteiger partial charge in [0.05, 0.1) is 17.6 Å². The van der Waals surface area contributed by atoms with Crippen LogP contribution in [0.3, 0.4) is 0 Å². The number of hydrogen-bond acceptors (Lipinski definition) is 5. The van der Waals surface area contributed by atoms with Crippen LogP contribution < -0.4 is 16.6 Å². The number of anilines is 3. The molecule has 3 aromatic rings. The van der Waals surface area contributed by atoms with Crippen LogP contribution in [-0.2, 0) is 7.05 Å². The molecule has 2 heterocycles. The molecule has 0 radical (unpaired) electrons. The number of nitrogens with two attached hydrogens (primary N) is 1. The first-order valence-corrected chi connectivity index (χ1v) is 7.16. The first-order chi connectivity index (χ1) is 11.1. The van der Waals surface area contributed by atoms with E-state index in [2.05, 4.69) is 15.3 Å². The highest BCUT2D eigenvalue weighted by Crippen LogP contribution is 2.25. The van der Waals surface area contributed by atoms with Crippen molar-refractivity contribution >= 4 is 17.2 Å². The van der Waals surface area contributed by atoms with Crippen molar-refractivity contribution in [2.75, 3.05) is 11.1 Å². The third-order valence-corrected chi connectivity index (χ3v) is 3.65. The van der Waals surface area contributed by atoms with Crippen LogP contribution in [0.4, 0.5) is 17.2 Å². The van der Waals surface area contributed by atoms with Gasteiger partial charge in [-0.25, -0.2) is 4.98 Å². The number of nitrogens with one attached hydrogen (secondary N) is 1. The Kier molecular flexibility index (Phi) is 3.80. The molecule has 0 saturated carbocycles. The standard InChI is InChI=1S/C17H17N5O/c1-11-13(6-3-7-14(11)18)15-10-22(2)17(23)16(21-15)20-12-5-4-8-19-9-12/h3-10H,18H2,1-2H3,(H,20,21). The molecule has 0 aliphatic heterocycles. The minimum Gasteiger partial charge on any atom is -0.398 e. The van der Waals surface area contributed by atoms with E-state index in [1.54, 1.807) is 31.7 Å². The number of benzene rings is 1. The Labute approximate surface area is 133 Å². The molecule has 0 atom stereocenters.